The number of thiocarbonyl (C=S) groups is 1. The number of benzene rings is 2. The van der Waals surface area contributed by atoms with Gasteiger partial charge in [0, 0.05) is 5.70 Å². The molecule has 1 amide bonds. The molecule has 0 spiro atoms. The van der Waals surface area contributed by atoms with Crippen LogP contribution in [-0.2, 0) is 4.79 Å². The normalized spacial score (nSPS) is 16.9. The number of aryl methyl sites for hydroxylation is 1. The minimum absolute atomic E-state index is 0.221. The van der Waals surface area contributed by atoms with Gasteiger partial charge in [-0.3, -0.25) is 4.79 Å². The average molecular weight is 372 g/mol. The Labute approximate surface area is 157 Å². The van der Waals surface area contributed by atoms with E-state index in [0.29, 0.717) is 21.4 Å². The molecule has 1 atom stereocenters. The van der Waals surface area contributed by atoms with Gasteiger partial charge in [0.25, 0.3) is 5.91 Å². The Morgan fingerprint density at radius 3 is 2.52 bits per heavy atom. The van der Waals surface area contributed by atoms with Gasteiger partial charge in [0.2, 0.25) is 0 Å². The lowest BCUT2D eigenvalue weighted by Crippen LogP contribution is -2.46. The van der Waals surface area contributed by atoms with Gasteiger partial charge in [-0.1, -0.05) is 48.0 Å². The summed E-state index contributed by atoms with van der Waals surface area (Å²) in [7, 11) is 0. The van der Waals surface area contributed by atoms with E-state index in [1.165, 1.54) is 0 Å². The Kier molecular flexibility index (Phi) is 5.06. The molecule has 6 heteroatoms. The molecule has 0 unspecified atom stereocenters. The fourth-order valence-corrected chi connectivity index (χ4v) is 3.34. The zero-order chi connectivity index (χ0) is 18.0. The van der Waals surface area contributed by atoms with Crippen molar-refractivity contribution < 1.29 is 4.79 Å². The van der Waals surface area contributed by atoms with Gasteiger partial charge in [-0.25, -0.2) is 0 Å². The quantitative estimate of drug-likeness (QED) is 0.711. The molecule has 128 valence electrons. The second kappa shape index (κ2) is 7.25. The van der Waals surface area contributed by atoms with Crippen LogP contribution in [0.3, 0.4) is 0 Å². The molecule has 3 rings (SSSR count). The molecular formula is C19H18ClN3OS. The SMILES string of the molecule is CC1=C(C(=O)Nc2ccccc2Cl)[C@H](c2ccccc2C)NC(=S)N1. The summed E-state index contributed by atoms with van der Waals surface area (Å²) in [6.07, 6.45) is 0. The Balaban J connectivity index is 1.99. The van der Waals surface area contributed by atoms with Crippen molar-refractivity contribution in [3.05, 3.63) is 76.0 Å². The van der Waals surface area contributed by atoms with E-state index < -0.39 is 0 Å². The lowest BCUT2D eigenvalue weighted by atomic mass is 9.92. The van der Waals surface area contributed by atoms with Crippen LogP contribution in [0.5, 0.6) is 0 Å². The van der Waals surface area contributed by atoms with E-state index >= 15 is 0 Å². The molecule has 1 aliphatic rings. The van der Waals surface area contributed by atoms with E-state index in [9.17, 15) is 4.79 Å². The number of amides is 1. The molecule has 0 aliphatic carbocycles. The monoisotopic (exact) mass is 371 g/mol. The highest BCUT2D eigenvalue weighted by atomic mass is 35.5. The van der Waals surface area contributed by atoms with Gasteiger partial charge >= 0.3 is 0 Å². The highest BCUT2D eigenvalue weighted by Crippen LogP contribution is 2.30. The second-order valence-corrected chi connectivity index (χ2v) is 6.68. The molecule has 1 aliphatic heterocycles. The van der Waals surface area contributed by atoms with Crippen molar-refractivity contribution in [2.45, 2.75) is 19.9 Å². The molecule has 25 heavy (non-hydrogen) atoms. The molecule has 0 saturated carbocycles. The van der Waals surface area contributed by atoms with E-state index in [-0.39, 0.29) is 11.9 Å². The first kappa shape index (κ1) is 17.5. The van der Waals surface area contributed by atoms with Crippen LogP contribution in [-0.4, -0.2) is 11.0 Å². The van der Waals surface area contributed by atoms with Gasteiger partial charge in [0.1, 0.15) is 0 Å². The minimum Gasteiger partial charge on any atom is -0.351 e. The topological polar surface area (TPSA) is 53.2 Å². The number of anilines is 1. The summed E-state index contributed by atoms with van der Waals surface area (Å²) >= 11 is 11.4. The standard InChI is InChI=1S/C19H18ClN3OS/c1-11-7-3-4-8-13(11)17-16(12(2)21-19(25)23-17)18(24)22-15-10-6-5-9-14(15)20/h3-10,17H,1-2H3,(H,22,24)(H2,21,23,25)/t17-/m0/s1. The largest absolute Gasteiger partial charge is 0.351 e. The maximum Gasteiger partial charge on any atom is 0.255 e. The van der Waals surface area contributed by atoms with Gasteiger partial charge in [0.15, 0.2) is 5.11 Å². The third-order valence-electron chi connectivity index (χ3n) is 4.14. The molecule has 0 saturated heterocycles. The fourth-order valence-electron chi connectivity index (χ4n) is 2.89. The summed E-state index contributed by atoms with van der Waals surface area (Å²) in [5, 5.41) is 10.1. The maximum absolute atomic E-state index is 13.0. The van der Waals surface area contributed by atoms with Crippen LogP contribution in [0.15, 0.2) is 59.8 Å². The van der Waals surface area contributed by atoms with E-state index in [1.807, 2.05) is 50.2 Å². The van der Waals surface area contributed by atoms with E-state index in [0.717, 1.165) is 16.8 Å². The molecule has 0 radical (unpaired) electrons. The van der Waals surface area contributed by atoms with Crippen LogP contribution < -0.4 is 16.0 Å². The molecule has 2 aromatic rings. The number of allylic oxidation sites excluding steroid dienone is 1. The van der Waals surface area contributed by atoms with Crippen LogP contribution in [0.1, 0.15) is 24.1 Å². The third-order valence-corrected chi connectivity index (χ3v) is 4.68. The Hall–Kier alpha value is -2.37. The van der Waals surface area contributed by atoms with Crippen LogP contribution in [0.25, 0.3) is 0 Å². The van der Waals surface area contributed by atoms with Crippen molar-refractivity contribution in [1.82, 2.24) is 10.6 Å². The first-order valence-corrected chi connectivity index (χ1v) is 8.65. The zero-order valence-corrected chi connectivity index (χ0v) is 15.5. The molecule has 4 nitrogen and oxygen atoms in total. The predicted molar refractivity (Wildman–Crippen MR) is 106 cm³/mol. The number of nitrogens with one attached hydrogen (secondary N) is 3. The molecule has 2 aromatic carbocycles. The van der Waals surface area contributed by atoms with Gasteiger partial charge in [-0.2, -0.15) is 0 Å². The lowest BCUT2D eigenvalue weighted by Gasteiger charge is -2.31. The number of hydrogen-bond donors (Lipinski definition) is 3. The highest BCUT2D eigenvalue weighted by Gasteiger charge is 2.30. The first-order chi connectivity index (χ1) is 12.0. The van der Waals surface area contributed by atoms with Gasteiger partial charge < -0.3 is 16.0 Å². The Morgan fingerprint density at radius 1 is 1.12 bits per heavy atom. The van der Waals surface area contributed by atoms with Crippen molar-refractivity contribution in [3.63, 3.8) is 0 Å². The number of halogens is 1. The summed E-state index contributed by atoms with van der Waals surface area (Å²) in [5.74, 6) is -0.221. The van der Waals surface area contributed by atoms with Crippen molar-refractivity contribution >= 4 is 40.5 Å². The molecule has 3 N–H and O–H groups in total. The molecule has 0 aromatic heterocycles. The third kappa shape index (κ3) is 3.67. The van der Waals surface area contributed by atoms with Crippen molar-refractivity contribution in [2.75, 3.05) is 5.32 Å². The van der Waals surface area contributed by atoms with Crippen molar-refractivity contribution in [2.24, 2.45) is 0 Å². The maximum atomic E-state index is 13.0. The van der Waals surface area contributed by atoms with Crippen LogP contribution in [0.2, 0.25) is 5.02 Å². The van der Waals surface area contributed by atoms with Crippen LogP contribution >= 0.6 is 23.8 Å². The first-order valence-electron chi connectivity index (χ1n) is 7.87. The summed E-state index contributed by atoms with van der Waals surface area (Å²) in [4.78, 5) is 13.0. The number of rotatable bonds is 3. The average Bonchev–Trinajstić information content (AvgIpc) is 2.56. The van der Waals surface area contributed by atoms with Crippen LogP contribution in [0, 0.1) is 6.92 Å². The lowest BCUT2D eigenvalue weighted by molar-refractivity contribution is -0.113. The van der Waals surface area contributed by atoms with E-state index in [4.69, 9.17) is 23.8 Å². The van der Waals surface area contributed by atoms with Gasteiger partial charge in [-0.15, -0.1) is 0 Å². The number of carbonyl (C=O) groups excluding carboxylic acids is 1. The highest BCUT2D eigenvalue weighted by molar-refractivity contribution is 7.80. The van der Waals surface area contributed by atoms with Gasteiger partial charge in [0.05, 0.1) is 22.3 Å². The van der Waals surface area contributed by atoms with E-state index in [2.05, 4.69) is 16.0 Å². The molecule has 0 fully saturated rings. The van der Waals surface area contributed by atoms with E-state index in [1.54, 1.807) is 12.1 Å². The summed E-state index contributed by atoms with van der Waals surface area (Å²) < 4.78 is 0. The summed E-state index contributed by atoms with van der Waals surface area (Å²) in [6.45, 7) is 3.86. The summed E-state index contributed by atoms with van der Waals surface area (Å²) in [6, 6.07) is 14.8. The Bertz CT molecular complexity index is 878. The number of para-hydroxylation sites is 1. The minimum atomic E-state index is -0.322. The molecular weight excluding hydrogens is 354 g/mol. The van der Waals surface area contributed by atoms with Gasteiger partial charge in [-0.05, 0) is 49.3 Å². The second-order valence-electron chi connectivity index (χ2n) is 5.86. The molecule has 1 heterocycles. The Morgan fingerprint density at radius 2 is 1.80 bits per heavy atom. The fraction of sp³-hybridized carbons (Fsp3) is 0.158. The van der Waals surface area contributed by atoms with Crippen LogP contribution in [0.4, 0.5) is 5.69 Å². The number of carbonyl (C=O) groups is 1. The number of hydrogen-bond acceptors (Lipinski definition) is 2. The predicted octanol–water partition coefficient (Wildman–Crippen LogP) is 4.08. The molecule has 0 bridgehead atoms. The smallest absolute Gasteiger partial charge is 0.255 e. The zero-order valence-electron chi connectivity index (χ0n) is 13.9. The summed E-state index contributed by atoms with van der Waals surface area (Å²) in [5.41, 5.74) is 3.98. The van der Waals surface area contributed by atoms with Crippen molar-refractivity contribution in [1.29, 1.82) is 0 Å². The van der Waals surface area contributed by atoms with Crippen molar-refractivity contribution in [3.8, 4) is 0 Å².